The van der Waals surface area contributed by atoms with Crippen molar-refractivity contribution in [1.82, 2.24) is 4.31 Å². The summed E-state index contributed by atoms with van der Waals surface area (Å²) in [6, 6.07) is 12.6. The number of hydrogen-bond donors (Lipinski definition) is 1. The van der Waals surface area contributed by atoms with Crippen LogP contribution in [0.25, 0.3) is 0 Å². The Hall–Kier alpha value is -3.04. The standard InChI is InChI=1S/C22H25N3O5S/c1-4-15(2)25(31(29,30)19-8-6-5-7-9-19)20-14-21(27)24(22(20)28)18-12-10-17(11-13-18)23-16(3)26/h5-13,15,20H,4,14H2,1-3H3,(H,23,26). The molecule has 1 heterocycles. The molecule has 8 nitrogen and oxygen atoms in total. The first-order valence-electron chi connectivity index (χ1n) is 9.99. The van der Waals surface area contributed by atoms with Gasteiger partial charge in [0.2, 0.25) is 21.8 Å². The SMILES string of the molecule is CCC(C)N(C1CC(=O)N(c2ccc(NC(C)=O)cc2)C1=O)S(=O)(=O)c1ccccc1. The Morgan fingerprint density at radius 1 is 1.13 bits per heavy atom. The molecule has 0 saturated carbocycles. The number of sulfonamides is 1. The maximum atomic E-state index is 13.4. The summed E-state index contributed by atoms with van der Waals surface area (Å²) in [5.74, 6) is -1.30. The zero-order chi connectivity index (χ0) is 22.8. The first kappa shape index (κ1) is 22.6. The molecule has 31 heavy (non-hydrogen) atoms. The average molecular weight is 444 g/mol. The minimum Gasteiger partial charge on any atom is -0.326 e. The van der Waals surface area contributed by atoms with Gasteiger partial charge in [0.25, 0.3) is 5.91 Å². The van der Waals surface area contributed by atoms with Crippen LogP contribution in [0.5, 0.6) is 0 Å². The fraction of sp³-hybridized carbons (Fsp3) is 0.318. The molecular weight excluding hydrogens is 418 g/mol. The van der Waals surface area contributed by atoms with Gasteiger partial charge in [-0.1, -0.05) is 25.1 Å². The highest BCUT2D eigenvalue weighted by Crippen LogP contribution is 2.31. The largest absolute Gasteiger partial charge is 0.326 e. The molecule has 2 aromatic carbocycles. The van der Waals surface area contributed by atoms with Crippen LogP contribution in [0.15, 0.2) is 59.5 Å². The quantitative estimate of drug-likeness (QED) is 0.663. The van der Waals surface area contributed by atoms with Crippen LogP contribution < -0.4 is 10.2 Å². The predicted octanol–water partition coefficient (Wildman–Crippen LogP) is 2.77. The van der Waals surface area contributed by atoms with Crippen LogP contribution in [-0.4, -0.2) is 42.5 Å². The van der Waals surface area contributed by atoms with Gasteiger partial charge in [0.15, 0.2) is 0 Å². The number of carbonyl (C=O) groups is 3. The van der Waals surface area contributed by atoms with Gasteiger partial charge in [-0.15, -0.1) is 0 Å². The molecular formula is C22H25N3O5S. The number of anilines is 2. The van der Waals surface area contributed by atoms with Gasteiger partial charge in [0.05, 0.1) is 17.0 Å². The lowest BCUT2D eigenvalue weighted by molar-refractivity contribution is -0.122. The molecule has 0 bridgehead atoms. The van der Waals surface area contributed by atoms with Crippen molar-refractivity contribution >= 4 is 39.1 Å². The minimum absolute atomic E-state index is 0.0775. The van der Waals surface area contributed by atoms with E-state index in [2.05, 4.69) is 5.32 Å². The molecule has 2 unspecified atom stereocenters. The second-order valence-corrected chi connectivity index (χ2v) is 9.26. The normalized spacial score (nSPS) is 17.8. The highest BCUT2D eigenvalue weighted by molar-refractivity contribution is 7.89. The molecule has 3 rings (SSSR count). The molecule has 1 aliphatic rings. The van der Waals surface area contributed by atoms with E-state index in [1.54, 1.807) is 49.4 Å². The van der Waals surface area contributed by atoms with Crippen molar-refractivity contribution < 1.29 is 22.8 Å². The fourth-order valence-corrected chi connectivity index (χ4v) is 5.46. The Bertz CT molecular complexity index is 1080. The van der Waals surface area contributed by atoms with Crippen molar-refractivity contribution in [1.29, 1.82) is 0 Å². The smallest absolute Gasteiger partial charge is 0.252 e. The Labute approximate surface area is 181 Å². The summed E-state index contributed by atoms with van der Waals surface area (Å²) in [6.07, 6.45) is 0.248. The number of carbonyl (C=O) groups excluding carboxylic acids is 3. The number of hydrogen-bond acceptors (Lipinski definition) is 5. The fourth-order valence-electron chi connectivity index (χ4n) is 3.59. The van der Waals surface area contributed by atoms with Gasteiger partial charge >= 0.3 is 0 Å². The third-order valence-corrected chi connectivity index (χ3v) is 7.26. The number of nitrogens with one attached hydrogen (secondary N) is 1. The van der Waals surface area contributed by atoms with Gasteiger partial charge in [-0.2, -0.15) is 4.31 Å². The summed E-state index contributed by atoms with van der Waals surface area (Å²) >= 11 is 0. The van der Waals surface area contributed by atoms with Gasteiger partial charge in [-0.05, 0) is 49.7 Å². The Morgan fingerprint density at radius 2 is 1.74 bits per heavy atom. The van der Waals surface area contributed by atoms with Gasteiger partial charge in [0, 0.05) is 18.7 Å². The molecule has 0 aliphatic carbocycles. The number of rotatable bonds is 7. The maximum Gasteiger partial charge on any atom is 0.252 e. The molecule has 0 aromatic heterocycles. The summed E-state index contributed by atoms with van der Waals surface area (Å²) in [5.41, 5.74) is 0.854. The maximum absolute atomic E-state index is 13.4. The van der Waals surface area contributed by atoms with Crippen LogP contribution >= 0.6 is 0 Å². The molecule has 1 saturated heterocycles. The summed E-state index contributed by atoms with van der Waals surface area (Å²) in [5, 5.41) is 2.62. The Morgan fingerprint density at radius 3 is 2.29 bits per heavy atom. The Balaban J connectivity index is 1.95. The number of amides is 3. The lowest BCUT2D eigenvalue weighted by Crippen LogP contribution is -2.49. The van der Waals surface area contributed by atoms with Crippen molar-refractivity contribution in [2.75, 3.05) is 10.2 Å². The van der Waals surface area contributed by atoms with Gasteiger partial charge in [-0.25, -0.2) is 13.3 Å². The lowest BCUT2D eigenvalue weighted by Gasteiger charge is -2.31. The number of imide groups is 1. The van der Waals surface area contributed by atoms with E-state index >= 15 is 0 Å². The second-order valence-electron chi connectivity index (χ2n) is 7.42. The van der Waals surface area contributed by atoms with E-state index in [-0.39, 0.29) is 17.2 Å². The predicted molar refractivity (Wildman–Crippen MR) is 117 cm³/mol. The molecule has 3 amide bonds. The van der Waals surface area contributed by atoms with E-state index in [1.807, 2.05) is 6.92 Å². The molecule has 1 fully saturated rings. The van der Waals surface area contributed by atoms with Crippen LogP contribution in [0, 0.1) is 0 Å². The molecule has 2 aromatic rings. The molecule has 1 N–H and O–H groups in total. The van der Waals surface area contributed by atoms with Crippen molar-refractivity contribution in [2.24, 2.45) is 0 Å². The van der Waals surface area contributed by atoms with E-state index < -0.39 is 33.9 Å². The topological polar surface area (TPSA) is 104 Å². The average Bonchev–Trinajstić information content (AvgIpc) is 3.02. The van der Waals surface area contributed by atoms with E-state index in [0.717, 1.165) is 9.21 Å². The first-order chi connectivity index (χ1) is 14.7. The van der Waals surface area contributed by atoms with Gasteiger partial charge in [0.1, 0.15) is 6.04 Å². The van der Waals surface area contributed by atoms with E-state index in [0.29, 0.717) is 17.8 Å². The van der Waals surface area contributed by atoms with Crippen LogP contribution in [-0.2, 0) is 24.4 Å². The Kier molecular flexibility index (Phi) is 6.56. The van der Waals surface area contributed by atoms with E-state index in [1.165, 1.54) is 19.1 Å². The number of benzene rings is 2. The van der Waals surface area contributed by atoms with Crippen molar-refractivity contribution in [3.63, 3.8) is 0 Å². The highest BCUT2D eigenvalue weighted by Gasteiger charge is 2.48. The summed E-state index contributed by atoms with van der Waals surface area (Å²) < 4.78 is 27.9. The van der Waals surface area contributed by atoms with Crippen LogP contribution in [0.2, 0.25) is 0 Å². The lowest BCUT2D eigenvalue weighted by atomic mass is 10.2. The van der Waals surface area contributed by atoms with Gasteiger partial charge < -0.3 is 5.32 Å². The van der Waals surface area contributed by atoms with Crippen LogP contribution in [0.1, 0.15) is 33.6 Å². The van der Waals surface area contributed by atoms with E-state index in [4.69, 9.17) is 0 Å². The second kappa shape index (κ2) is 8.99. The molecule has 2 atom stereocenters. The molecule has 164 valence electrons. The molecule has 0 spiro atoms. The molecule has 1 aliphatic heterocycles. The van der Waals surface area contributed by atoms with Gasteiger partial charge in [-0.3, -0.25) is 14.4 Å². The first-order valence-corrected chi connectivity index (χ1v) is 11.4. The van der Waals surface area contributed by atoms with Crippen molar-refractivity contribution in [2.45, 2.75) is 50.6 Å². The minimum atomic E-state index is -3.99. The highest BCUT2D eigenvalue weighted by atomic mass is 32.2. The third kappa shape index (κ3) is 4.52. The number of nitrogens with zero attached hydrogens (tertiary/aromatic N) is 2. The van der Waals surface area contributed by atoms with Crippen LogP contribution in [0.4, 0.5) is 11.4 Å². The third-order valence-electron chi connectivity index (χ3n) is 5.22. The van der Waals surface area contributed by atoms with Crippen molar-refractivity contribution in [3.8, 4) is 0 Å². The summed E-state index contributed by atoms with van der Waals surface area (Å²) in [7, 11) is -3.99. The van der Waals surface area contributed by atoms with Crippen molar-refractivity contribution in [3.05, 3.63) is 54.6 Å². The zero-order valence-corrected chi connectivity index (χ0v) is 18.4. The molecule has 9 heteroatoms. The summed E-state index contributed by atoms with van der Waals surface area (Å²) in [6.45, 7) is 4.93. The van der Waals surface area contributed by atoms with Crippen LogP contribution in [0.3, 0.4) is 0 Å². The zero-order valence-electron chi connectivity index (χ0n) is 17.6. The summed E-state index contributed by atoms with van der Waals surface area (Å²) in [4.78, 5) is 38.3. The molecule has 0 radical (unpaired) electrons. The monoisotopic (exact) mass is 443 g/mol. The van der Waals surface area contributed by atoms with E-state index in [9.17, 15) is 22.8 Å².